The van der Waals surface area contributed by atoms with Crippen LogP contribution in [-0.4, -0.2) is 23.2 Å². The van der Waals surface area contributed by atoms with Crippen molar-refractivity contribution in [3.8, 4) is 0 Å². The first-order chi connectivity index (χ1) is 11.0. The molecule has 2 N–H and O–H groups in total. The van der Waals surface area contributed by atoms with Crippen molar-refractivity contribution >= 4 is 29.3 Å². The number of benzene rings is 2. The van der Waals surface area contributed by atoms with Gasteiger partial charge in [0.1, 0.15) is 0 Å². The van der Waals surface area contributed by atoms with Gasteiger partial charge in [-0.1, -0.05) is 36.4 Å². The van der Waals surface area contributed by atoms with Crippen LogP contribution in [0.5, 0.6) is 0 Å². The lowest BCUT2D eigenvalue weighted by Crippen LogP contribution is -2.36. The first-order valence-corrected chi connectivity index (χ1v) is 8.41. The monoisotopic (exact) mass is 329 g/mol. The number of hydrogen-bond acceptors (Lipinski definition) is 3. The van der Waals surface area contributed by atoms with Gasteiger partial charge in [0.05, 0.1) is 5.41 Å². The Labute approximate surface area is 139 Å². The minimum absolute atomic E-state index is 0.129. The molecule has 0 saturated heterocycles. The number of aliphatic carboxylic acids is 1. The molecule has 2 rings (SSSR count). The molecule has 4 nitrogen and oxygen atoms in total. The second-order valence-corrected chi connectivity index (χ2v) is 6.34. The summed E-state index contributed by atoms with van der Waals surface area (Å²) in [5, 5.41) is 12.4. The van der Waals surface area contributed by atoms with Crippen molar-refractivity contribution in [3.63, 3.8) is 0 Å². The molecule has 0 unspecified atom stereocenters. The van der Waals surface area contributed by atoms with Gasteiger partial charge < -0.3 is 10.4 Å². The number of carbonyl (C=O) groups is 2. The SMILES string of the molecule is CSc1cccc(NC(=O)C[C@@](C)(C(=O)O)c2ccccc2)c1. The quantitative estimate of drug-likeness (QED) is 0.792. The Bertz CT molecular complexity index is 702. The van der Waals surface area contributed by atoms with Crippen LogP contribution >= 0.6 is 11.8 Å². The van der Waals surface area contributed by atoms with E-state index in [-0.39, 0.29) is 12.3 Å². The van der Waals surface area contributed by atoms with Gasteiger partial charge in [0.15, 0.2) is 0 Å². The van der Waals surface area contributed by atoms with Crippen LogP contribution in [0.15, 0.2) is 59.5 Å². The summed E-state index contributed by atoms with van der Waals surface area (Å²) in [6.45, 7) is 1.57. The molecule has 0 heterocycles. The second-order valence-electron chi connectivity index (χ2n) is 5.46. The van der Waals surface area contributed by atoms with E-state index in [0.717, 1.165) is 4.90 Å². The van der Waals surface area contributed by atoms with Gasteiger partial charge in [0, 0.05) is 17.0 Å². The lowest BCUT2D eigenvalue weighted by Gasteiger charge is -2.24. The number of anilines is 1. The van der Waals surface area contributed by atoms with Gasteiger partial charge in [-0.25, -0.2) is 0 Å². The fourth-order valence-electron chi connectivity index (χ4n) is 2.33. The minimum Gasteiger partial charge on any atom is -0.481 e. The average molecular weight is 329 g/mol. The van der Waals surface area contributed by atoms with E-state index in [1.807, 2.05) is 30.5 Å². The topological polar surface area (TPSA) is 66.4 Å². The molecule has 5 heteroatoms. The molecule has 0 fully saturated rings. The first-order valence-electron chi connectivity index (χ1n) is 7.18. The van der Waals surface area contributed by atoms with E-state index in [2.05, 4.69) is 5.32 Å². The Kier molecular flexibility index (Phi) is 5.45. The number of rotatable bonds is 6. The molecule has 120 valence electrons. The Morgan fingerprint density at radius 3 is 2.43 bits per heavy atom. The van der Waals surface area contributed by atoms with Gasteiger partial charge in [-0.05, 0) is 36.9 Å². The largest absolute Gasteiger partial charge is 0.481 e. The third kappa shape index (κ3) is 4.13. The van der Waals surface area contributed by atoms with E-state index in [1.165, 1.54) is 0 Å². The Hall–Kier alpha value is -2.27. The second kappa shape index (κ2) is 7.33. The summed E-state index contributed by atoms with van der Waals surface area (Å²) in [4.78, 5) is 25.1. The molecule has 1 atom stereocenters. The van der Waals surface area contributed by atoms with Crippen molar-refractivity contribution in [2.75, 3.05) is 11.6 Å². The van der Waals surface area contributed by atoms with E-state index >= 15 is 0 Å². The lowest BCUT2D eigenvalue weighted by molar-refractivity contribution is -0.145. The van der Waals surface area contributed by atoms with Crippen LogP contribution in [0.25, 0.3) is 0 Å². The number of nitrogens with one attached hydrogen (secondary N) is 1. The summed E-state index contributed by atoms with van der Waals surface area (Å²) >= 11 is 1.58. The Morgan fingerprint density at radius 1 is 1.13 bits per heavy atom. The molecule has 0 spiro atoms. The molecular weight excluding hydrogens is 310 g/mol. The van der Waals surface area contributed by atoms with Crippen LogP contribution in [0.3, 0.4) is 0 Å². The van der Waals surface area contributed by atoms with Crippen molar-refractivity contribution in [1.29, 1.82) is 0 Å². The molecule has 0 bridgehead atoms. The molecule has 0 radical (unpaired) electrons. The van der Waals surface area contributed by atoms with Gasteiger partial charge in [0.2, 0.25) is 5.91 Å². The van der Waals surface area contributed by atoms with Crippen LogP contribution < -0.4 is 5.32 Å². The van der Waals surface area contributed by atoms with Crippen LogP contribution in [0, 0.1) is 0 Å². The molecular formula is C18H19NO3S. The van der Waals surface area contributed by atoms with Gasteiger partial charge in [-0.15, -0.1) is 11.8 Å². The Balaban J connectivity index is 2.17. The molecule has 0 saturated carbocycles. The predicted molar refractivity (Wildman–Crippen MR) is 92.9 cm³/mol. The van der Waals surface area contributed by atoms with Crippen molar-refractivity contribution < 1.29 is 14.7 Å². The number of carboxylic acids is 1. The van der Waals surface area contributed by atoms with E-state index in [4.69, 9.17) is 0 Å². The summed E-state index contributed by atoms with van der Waals surface area (Å²) in [6.07, 6.45) is 1.83. The maximum absolute atomic E-state index is 12.3. The van der Waals surface area contributed by atoms with Crippen LogP contribution in [0.1, 0.15) is 18.9 Å². The highest BCUT2D eigenvalue weighted by molar-refractivity contribution is 7.98. The van der Waals surface area contributed by atoms with E-state index in [9.17, 15) is 14.7 Å². The maximum atomic E-state index is 12.3. The summed E-state index contributed by atoms with van der Waals surface area (Å²) in [5.74, 6) is -1.34. The van der Waals surface area contributed by atoms with Crippen LogP contribution in [0.2, 0.25) is 0 Å². The molecule has 0 aliphatic carbocycles. The van der Waals surface area contributed by atoms with Gasteiger partial charge in [-0.3, -0.25) is 9.59 Å². The van der Waals surface area contributed by atoms with Gasteiger partial charge in [-0.2, -0.15) is 0 Å². The molecule has 0 aliphatic heterocycles. The third-order valence-corrected chi connectivity index (χ3v) is 4.48. The van der Waals surface area contributed by atoms with Crippen LogP contribution in [0.4, 0.5) is 5.69 Å². The predicted octanol–water partition coefficient (Wildman–Crippen LogP) is 3.78. The smallest absolute Gasteiger partial charge is 0.314 e. The normalized spacial score (nSPS) is 13.1. The third-order valence-electron chi connectivity index (χ3n) is 3.75. The molecule has 0 aliphatic rings. The molecule has 23 heavy (non-hydrogen) atoms. The zero-order valence-corrected chi connectivity index (χ0v) is 13.9. The maximum Gasteiger partial charge on any atom is 0.314 e. The molecule has 0 aromatic heterocycles. The summed E-state index contributed by atoms with van der Waals surface area (Å²) in [7, 11) is 0. The van der Waals surface area contributed by atoms with E-state index < -0.39 is 11.4 Å². The Morgan fingerprint density at radius 2 is 1.83 bits per heavy atom. The summed E-state index contributed by atoms with van der Waals surface area (Å²) < 4.78 is 0. The number of carbonyl (C=O) groups excluding carboxylic acids is 1. The molecule has 1 amide bonds. The highest BCUT2D eigenvalue weighted by Gasteiger charge is 2.37. The van der Waals surface area contributed by atoms with Gasteiger partial charge in [0.25, 0.3) is 0 Å². The zero-order chi connectivity index (χ0) is 16.9. The summed E-state index contributed by atoms with van der Waals surface area (Å²) in [6, 6.07) is 16.3. The van der Waals surface area contributed by atoms with Crippen molar-refractivity contribution in [2.24, 2.45) is 0 Å². The standard InChI is InChI=1S/C18H19NO3S/c1-18(17(21)22,13-7-4-3-5-8-13)12-16(20)19-14-9-6-10-15(11-14)23-2/h3-11H,12H2,1-2H3,(H,19,20)(H,21,22)/t18-/m1/s1. The minimum atomic E-state index is -1.26. The number of thioether (sulfide) groups is 1. The fourth-order valence-corrected chi connectivity index (χ4v) is 2.79. The van der Waals surface area contributed by atoms with Gasteiger partial charge >= 0.3 is 5.97 Å². The number of carboxylic acid groups (broad SMARTS) is 1. The van der Waals surface area contributed by atoms with Crippen LogP contribution in [-0.2, 0) is 15.0 Å². The van der Waals surface area contributed by atoms with E-state index in [1.54, 1.807) is 49.0 Å². The van der Waals surface area contributed by atoms with Crippen molar-refractivity contribution in [1.82, 2.24) is 0 Å². The zero-order valence-electron chi connectivity index (χ0n) is 13.1. The molecule has 2 aromatic carbocycles. The highest BCUT2D eigenvalue weighted by Crippen LogP contribution is 2.29. The number of amides is 1. The average Bonchev–Trinajstić information content (AvgIpc) is 2.55. The highest BCUT2D eigenvalue weighted by atomic mass is 32.2. The fraction of sp³-hybridized carbons (Fsp3) is 0.222. The van der Waals surface area contributed by atoms with Crippen molar-refractivity contribution in [2.45, 2.75) is 23.7 Å². The lowest BCUT2D eigenvalue weighted by atomic mass is 9.79. The number of hydrogen-bond donors (Lipinski definition) is 2. The van der Waals surface area contributed by atoms with E-state index in [0.29, 0.717) is 11.3 Å². The summed E-state index contributed by atoms with van der Waals surface area (Å²) in [5.41, 5.74) is 0.0193. The van der Waals surface area contributed by atoms with Crippen molar-refractivity contribution in [3.05, 3.63) is 60.2 Å². The first kappa shape index (κ1) is 17.1. The molecule has 2 aromatic rings.